The Morgan fingerprint density at radius 2 is 1.79 bits per heavy atom. The van der Waals surface area contributed by atoms with E-state index in [1.165, 1.54) is 18.8 Å². The van der Waals surface area contributed by atoms with Gasteiger partial charge in [0.25, 0.3) is 0 Å². The molecule has 33 heavy (non-hydrogen) atoms. The number of aromatic amines is 1. The molecule has 4 heterocycles. The molecule has 2 aliphatic rings. The van der Waals surface area contributed by atoms with E-state index < -0.39 is 0 Å². The number of hydrogen-bond donors (Lipinski definition) is 2. The number of phenolic OH excluding ortho intramolecular Hbond substituents is 1. The molecule has 0 bridgehead atoms. The van der Waals surface area contributed by atoms with Crippen molar-refractivity contribution in [1.82, 2.24) is 19.9 Å². The van der Waals surface area contributed by atoms with E-state index in [2.05, 4.69) is 38.9 Å². The summed E-state index contributed by atoms with van der Waals surface area (Å²) in [4.78, 5) is 17.1. The predicted octanol–water partition coefficient (Wildman–Crippen LogP) is 5.43. The second-order valence-corrected chi connectivity index (χ2v) is 9.25. The molecule has 7 heteroatoms. The number of benzene rings is 2. The van der Waals surface area contributed by atoms with Crippen LogP contribution in [-0.4, -0.2) is 58.2 Å². The molecule has 2 aliphatic heterocycles. The van der Waals surface area contributed by atoms with Crippen molar-refractivity contribution < 1.29 is 5.11 Å². The lowest BCUT2D eigenvalue weighted by atomic mass is 9.73. The van der Waals surface area contributed by atoms with Crippen molar-refractivity contribution in [3.63, 3.8) is 0 Å². The van der Waals surface area contributed by atoms with Crippen LogP contribution < -0.4 is 4.90 Å². The first kappa shape index (κ1) is 21.7. The van der Waals surface area contributed by atoms with Crippen LogP contribution in [0.1, 0.15) is 13.8 Å². The molecule has 1 spiro atoms. The molecule has 0 unspecified atom stereocenters. The topological polar surface area (TPSA) is 68.3 Å². The average molecular weight is 462 g/mol. The van der Waals surface area contributed by atoms with E-state index in [-0.39, 0.29) is 5.75 Å². The average Bonchev–Trinajstić information content (AvgIpc) is 3.20. The number of imidazole rings is 1. The summed E-state index contributed by atoms with van der Waals surface area (Å²) in [5.74, 6) is 0.800. The Hall–Kier alpha value is -3.09. The Morgan fingerprint density at radius 1 is 1.00 bits per heavy atom. The zero-order valence-corrected chi connectivity index (χ0v) is 19.9. The summed E-state index contributed by atoms with van der Waals surface area (Å²) < 4.78 is 0. The van der Waals surface area contributed by atoms with Gasteiger partial charge in [-0.2, -0.15) is 0 Å². The first-order valence-corrected chi connectivity index (χ1v) is 11.8. The van der Waals surface area contributed by atoms with Crippen LogP contribution in [0.15, 0.2) is 54.7 Å². The number of H-pyrrole nitrogens is 1. The van der Waals surface area contributed by atoms with E-state index in [0.717, 1.165) is 35.2 Å². The normalized spacial score (nSPS) is 16.8. The zero-order chi connectivity index (χ0) is 23.2. The van der Waals surface area contributed by atoms with Crippen LogP contribution in [0.3, 0.4) is 0 Å². The molecule has 0 amide bonds. The van der Waals surface area contributed by atoms with Gasteiger partial charge in [0.05, 0.1) is 16.6 Å². The minimum absolute atomic E-state index is 0.168. The minimum Gasteiger partial charge on any atom is -0.507 e. The summed E-state index contributed by atoms with van der Waals surface area (Å²) >= 11 is 6.27. The van der Waals surface area contributed by atoms with Gasteiger partial charge in [0.15, 0.2) is 0 Å². The molecule has 0 aliphatic carbocycles. The number of aromatic hydroxyl groups is 1. The fourth-order valence-electron chi connectivity index (χ4n) is 5.06. The van der Waals surface area contributed by atoms with Crippen LogP contribution in [0.4, 0.5) is 5.69 Å². The fourth-order valence-corrected chi connectivity index (χ4v) is 5.29. The summed E-state index contributed by atoms with van der Waals surface area (Å²) in [7, 11) is 2.18. The maximum absolute atomic E-state index is 10.5. The van der Waals surface area contributed by atoms with Crippen LogP contribution in [0.5, 0.6) is 5.75 Å². The van der Waals surface area contributed by atoms with Gasteiger partial charge < -0.3 is 19.9 Å². The number of halogens is 1. The van der Waals surface area contributed by atoms with Crippen molar-refractivity contribution in [3.05, 3.63) is 59.9 Å². The number of pyridine rings is 1. The number of phenols is 1. The van der Waals surface area contributed by atoms with Gasteiger partial charge in [0, 0.05) is 49.0 Å². The van der Waals surface area contributed by atoms with Gasteiger partial charge in [-0.15, -0.1) is 0 Å². The third kappa shape index (κ3) is 3.83. The Balaban J connectivity index is 0.00000111. The highest BCUT2D eigenvalue weighted by atomic mass is 35.5. The molecule has 6 rings (SSSR count). The Bertz CT molecular complexity index is 1300. The number of likely N-dealkylation sites (tertiary alicyclic amines) is 1. The summed E-state index contributed by atoms with van der Waals surface area (Å²) in [6.45, 7) is 8.60. The number of anilines is 1. The Morgan fingerprint density at radius 3 is 2.52 bits per heavy atom. The molecule has 2 fully saturated rings. The smallest absolute Gasteiger partial charge is 0.142 e. The van der Waals surface area contributed by atoms with Gasteiger partial charge in [-0.3, -0.25) is 0 Å². The quantitative estimate of drug-likeness (QED) is 0.398. The molecule has 2 N–H and O–H groups in total. The predicted molar refractivity (Wildman–Crippen MR) is 135 cm³/mol. The molecule has 6 nitrogen and oxygen atoms in total. The number of nitrogens with one attached hydrogen (secondary N) is 1. The van der Waals surface area contributed by atoms with Crippen molar-refractivity contribution >= 4 is 28.3 Å². The van der Waals surface area contributed by atoms with Gasteiger partial charge in [-0.05, 0) is 55.1 Å². The molecular weight excluding hydrogens is 434 g/mol. The maximum Gasteiger partial charge on any atom is 0.142 e. The van der Waals surface area contributed by atoms with Crippen molar-refractivity contribution in [2.45, 2.75) is 13.8 Å². The molecule has 4 aromatic rings. The number of hydrogen-bond acceptors (Lipinski definition) is 5. The molecule has 2 aromatic heterocycles. The van der Waals surface area contributed by atoms with E-state index >= 15 is 0 Å². The molecule has 0 saturated carbocycles. The largest absolute Gasteiger partial charge is 0.507 e. The highest BCUT2D eigenvalue weighted by Gasteiger charge is 2.50. The van der Waals surface area contributed by atoms with Gasteiger partial charge in [-0.1, -0.05) is 31.5 Å². The third-order valence-corrected chi connectivity index (χ3v) is 6.72. The molecule has 0 atom stereocenters. The summed E-state index contributed by atoms with van der Waals surface area (Å²) in [5.41, 5.74) is 5.87. The van der Waals surface area contributed by atoms with E-state index in [1.807, 2.05) is 44.2 Å². The van der Waals surface area contributed by atoms with E-state index in [4.69, 9.17) is 16.6 Å². The van der Waals surface area contributed by atoms with Gasteiger partial charge in [0.2, 0.25) is 0 Å². The van der Waals surface area contributed by atoms with Crippen LogP contribution in [0, 0.1) is 5.41 Å². The SMILES string of the molecule is CC.CN1CC2(C1)CN(c1ccc3nc(-c4cc(-c5cccnc5Cl)ccc4O)[nH]c3c1)C2. The Labute approximate surface area is 198 Å². The molecule has 0 radical (unpaired) electrons. The van der Waals surface area contributed by atoms with Crippen LogP contribution in [0.25, 0.3) is 33.5 Å². The van der Waals surface area contributed by atoms with Crippen molar-refractivity contribution in [2.75, 3.05) is 38.1 Å². The van der Waals surface area contributed by atoms with Crippen LogP contribution in [0.2, 0.25) is 5.15 Å². The summed E-state index contributed by atoms with van der Waals surface area (Å²) in [6, 6.07) is 15.5. The molecule has 2 aromatic carbocycles. The van der Waals surface area contributed by atoms with E-state index in [0.29, 0.717) is 22.0 Å². The van der Waals surface area contributed by atoms with Gasteiger partial charge >= 0.3 is 0 Å². The minimum atomic E-state index is 0.168. The van der Waals surface area contributed by atoms with Gasteiger partial charge in [-0.25, -0.2) is 9.97 Å². The fraction of sp³-hybridized carbons (Fsp3) is 0.308. The second kappa shape index (κ2) is 8.36. The maximum atomic E-state index is 10.5. The van der Waals surface area contributed by atoms with Crippen LogP contribution in [-0.2, 0) is 0 Å². The second-order valence-electron chi connectivity index (χ2n) is 8.89. The van der Waals surface area contributed by atoms with E-state index in [9.17, 15) is 5.11 Å². The van der Waals surface area contributed by atoms with Crippen molar-refractivity contribution in [3.8, 4) is 28.3 Å². The Kier molecular flexibility index (Phi) is 5.51. The monoisotopic (exact) mass is 461 g/mol. The lowest BCUT2D eigenvalue weighted by molar-refractivity contribution is -0.00237. The first-order valence-electron chi connectivity index (χ1n) is 11.4. The highest BCUT2D eigenvalue weighted by Crippen LogP contribution is 2.42. The lowest BCUT2D eigenvalue weighted by Crippen LogP contribution is -2.71. The number of aromatic nitrogens is 3. The molecule has 170 valence electrons. The standard InChI is InChI=1S/C24H22ClN5O.C2H6/c1-29-11-24(12-29)13-30(14-24)16-5-6-19-20(10-16)28-23(27-19)18-9-15(4-7-21(18)31)17-3-2-8-26-22(17)25;1-2/h2-10,31H,11-14H2,1H3,(H,27,28);1-2H3. The highest BCUT2D eigenvalue weighted by molar-refractivity contribution is 6.32. The van der Waals surface area contributed by atoms with Crippen molar-refractivity contribution in [1.29, 1.82) is 0 Å². The van der Waals surface area contributed by atoms with Crippen molar-refractivity contribution in [2.24, 2.45) is 5.41 Å². The summed E-state index contributed by atoms with van der Waals surface area (Å²) in [6.07, 6.45) is 1.66. The molecule has 2 saturated heterocycles. The van der Waals surface area contributed by atoms with E-state index in [1.54, 1.807) is 12.3 Å². The lowest BCUT2D eigenvalue weighted by Gasteiger charge is -2.60. The third-order valence-electron chi connectivity index (χ3n) is 6.42. The number of nitrogens with zero attached hydrogens (tertiary/aromatic N) is 4. The van der Waals surface area contributed by atoms with Crippen LogP contribution >= 0.6 is 11.6 Å². The van der Waals surface area contributed by atoms with Gasteiger partial charge in [0.1, 0.15) is 16.7 Å². The molecular formula is C26H28ClN5O. The number of fused-ring (bicyclic) bond motifs is 1. The number of rotatable bonds is 3. The summed E-state index contributed by atoms with van der Waals surface area (Å²) in [5, 5.41) is 10.9. The zero-order valence-electron chi connectivity index (χ0n) is 19.1. The first-order chi connectivity index (χ1) is 16.0.